The lowest BCUT2D eigenvalue weighted by atomic mass is 10.0. The fraction of sp³-hybridized carbons (Fsp3) is 0.429. The molecule has 98 valence electrons. The Balaban J connectivity index is 2.63. The second-order valence-electron chi connectivity index (χ2n) is 4.79. The fourth-order valence-corrected chi connectivity index (χ4v) is 1.75. The molecule has 1 aromatic rings. The standard InChI is InChI=1S/C14H19NO3/c1-9(2)13(14(17)18)15-12(16)8-11-6-4-5-10(3)7-11/h4-7,9,13H,8H2,1-3H3,(H,15,16)(H,17,18)/t13-/m1/s1. The van der Waals surface area contributed by atoms with E-state index in [0.717, 1.165) is 11.1 Å². The van der Waals surface area contributed by atoms with Crippen molar-refractivity contribution in [3.8, 4) is 0 Å². The normalized spacial score (nSPS) is 12.2. The van der Waals surface area contributed by atoms with E-state index in [2.05, 4.69) is 5.32 Å². The van der Waals surface area contributed by atoms with E-state index in [0.29, 0.717) is 0 Å². The van der Waals surface area contributed by atoms with Gasteiger partial charge in [0.2, 0.25) is 5.91 Å². The molecular weight excluding hydrogens is 230 g/mol. The van der Waals surface area contributed by atoms with Crippen LogP contribution in [0.25, 0.3) is 0 Å². The van der Waals surface area contributed by atoms with Crippen LogP contribution in [0.3, 0.4) is 0 Å². The Morgan fingerprint density at radius 2 is 2.00 bits per heavy atom. The molecule has 0 saturated heterocycles. The molecule has 1 aromatic carbocycles. The van der Waals surface area contributed by atoms with Crippen LogP contribution in [0, 0.1) is 12.8 Å². The first-order valence-electron chi connectivity index (χ1n) is 5.98. The number of amides is 1. The Bertz CT molecular complexity index is 440. The minimum Gasteiger partial charge on any atom is -0.480 e. The van der Waals surface area contributed by atoms with Gasteiger partial charge in [-0.3, -0.25) is 4.79 Å². The van der Waals surface area contributed by atoms with Gasteiger partial charge in [-0.25, -0.2) is 4.79 Å². The zero-order valence-corrected chi connectivity index (χ0v) is 10.9. The number of hydrogen-bond acceptors (Lipinski definition) is 2. The molecule has 0 heterocycles. The molecular formula is C14H19NO3. The monoisotopic (exact) mass is 249 g/mol. The van der Waals surface area contributed by atoms with Gasteiger partial charge in [0.25, 0.3) is 0 Å². The summed E-state index contributed by atoms with van der Waals surface area (Å²) in [5.74, 6) is -1.40. The van der Waals surface area contributed by atoms with Crippen molar-refractivity contribution < 1.29 is 14.7 Å². The highest BCUT2D eigenvalue weighted by atomic mass is 16.4. The maximum Gasteiger partial charge on any atom is 0.326 e. The molecule has 0 fully saturated rings. The first-order valence-corrected chi connectivity index (χ1v) is 5.98. The second kappa shape index (κ2) is 6.19. The number of hydrogen-bond donors (Lipinski definition) is 2. The molecule has 1 rings (SSSR count). The van der Waals surface area contributed by atoms with E-state index in [1.165, 1.54) is 0 Å². The molecule has 0 aliphatic rings. The van der Waals surface area contributed by atoms with Gasteiger partial charge in [0.05, 0.1) is 6.42 Å². The highest BCUT2D eigenvalue weighted by Gasteiger charge is 2.23. The zero-order chi connectivity index (χ0) is 13.7. The van der Waals surface area contributed by atoms with Gasteiger partial charge in [-0.15, -0.1) is 0 Å². The van der Waals surface area contributed by atoms with E-state index in [1.54, 1.807) is 13.8 Å². The fourth-order valence-electron chi connectivity index (χ4n) is 1.75. The predicted molar refractivity (Wildman–Crippen MR) is 69.3 cm³/mol. The third-order valence-corrected chi connectivity index (χ3v) is 2.70. The van der Waals surface area contributed by atoms with Gasteiger partial charge >= 0.3 is 5.97 Å². The topological polar surface area (TPSA) is 66.4 Å². The number of aliphatic carboxylic acids is 1. The molecule has 4 heteroatoms. The number of benzene rings is 1. The lowest BCUT2D eigenvalue weighted by molar-refractivity contribution is -0.143. The van der Waals surface area contributed by atoms with Crippen molar-refractivity contribution in [1.82, 2.24) is 5.32 Å². The maximum absolute atomic E-state index is 11.8. The summed E-state index contributed by atoms with van der Waals surface area (Å²) in [6.45, 7) is 5.49. The zero-order valence-electron chi connectivity index (χ0n) is 10.9. The predicted octanol–water partition coefficient (Wildman–Crippen LogP) is 1.76. The smallest absolute Gasteiger partial charge is 0.326 e. The second-order valence-corrected chi connectivity index (χ2v) is 4.79. The van der Waals surface area contributed by atoms with Crippen LogP contribution < -0.4 is 5.32 Å². The maximum atomic E-state index is 11.8. The number of aryl methyl sites for hydroxylation is 1. The molecule has 2 N–H and O–H groups in total. The number of carboxylic acid groups (broad SMARTS) is 1. The van der Waals surface area contributed by atoms with E-state index >= 15 is 0 Å². The molecule has 0 bridgehead atoms. The Labute approximate surface area is 107 Å². The van der Waals surface area contributed by atoms with Gasteiger partial charge < -0.3 is 10.4 Å². The van der Waals surface area contributed by atoms with Crippen LogP contribution in [0.1, 0.15) is 25.0 Å². The van der Waals surface area contributed by atoms with E-state index in [4.69, 9.17) is 5.11 Å². The van der Waals surface area contributed by atoms with Crippen LogP contribution in [0.4, 0.5) is 0 Å². The lowest BCUT2D eigenvalue weighted by Gasteiger charge is -2.17. The average Bonchev–Trinajstić information content (AvgIpc) is 2.25. The number of rotatable bonds is 5. The highest BCUT2D eigenvalue weighted by Crippen LogP contribution is 2.06. The minimum absolute atomic E-state index is 0.135. The van der Waals surface area contributed by atoms with Gasteiger partial charge in [-0.05, 0) is 18.4 Å². The van der Waals surface area contributed by atoms with Gasteiger partial charge in [0.1, 0.15) is 6.04 Å². The number of carbonyl (C=O) groups excluding carboxylic acids is 1. The number of carbonyl (C=O) groups is 2. The van der Waals surface area contributed by atoms with E-state index in [-0.39, 0.29) is 18.2 Å². The van der Waals surface area contributed by atoms with Crippen molar-refractivity contribution in [3.63, 3.8) is 0 Å². The molecule has 0 aliphatic heterocycles. The van der Waals surface area contributed by atoms with Crippen LogP contribution in [0.5, 0.6) is 0 Å². The largest absolute Gasteiger partial charge is 0.480 e. The molecule has 0 saturated carbocycles. The van der Waals surface area contributed by atoms with Gasteiger partial charge in [0, 0.05) is 0 Å². The van der Waals surface area contributed by atoms with Crippen molar-refractivity contribution in [2.24, 2.45) is 5.92 Å². The molecule has 0 aromatic heterocycles. The van der Waals surface area contributed by atoms with Gasteiger partial charge in [-0.2, -0.15) is 0 Å². The number of nitrogens with one attached hydrogen (secondary N) is 1. The van der Waals surface area contributed by atoms with Crippen molar-refractivity contribution >= 4 is 11.9 Å². The summed E-state index contributed by atoms with van der Waals surface area (Å²) < 4.78 is 0. The number of carboxylic acids is 1. The molecule has 0 spiro atoms. The Kier molecular flexibility index (Phi) is 4.89. The SMILES string of the molecule is Cc1cccc(CC(=O)N[C@@H](C(=O)O)C(C)C)c1. The average molecular weight is 249 g/mol. The van der Waals surface area contributed by atoms with Crippen molar-refractivity contribution in [1.29, 1.82) is 0 Å². The molecule has 18 heavy (non-hydrogen) atoms. The summed E-state index contributed by atoms with van der Waals surface area (Å²) in [6, 6.07) is 6.79. The first kappa shape index (κ1) is 14.2. The third kappa shape index (κ3) is 4.20. The highest BCUT2D eigenvalue weighted by molar-refractivity contribution is 5.85. The van der Waals surface area contributed by atoms with Crippen molar-refractivity contribution in [2.45, 2.75) is 33.2 Å². The minimum atomic E-state index is -0.998. The van der Waals surface area contributed by atoms with Gasteiger partial charge in [-0.1, -0.05) is 43.7 Å². The Morgan fingerprint density at radius 1 is 1.33 bits per heavy atom. The third-order valence-electron chi connectivity index (χ3n) is 2.70. The summed E-state index contributed by atoms with van der Waals surface area (Å²) in [4.78, 5) is 22.7. The molecule has 0 unspecified atom stereocenters. The van der Waals surface area contributed by atoms with Crippen LogP contribution in [-0.4, -0.2) is 23.0 Å². The van der Waals surface area contributed by atoms with E-state index < -0.39 is 12.0 Å². The molecule has 4 nitrogen and oxygen atoms in total. The Morgan fingerprint density at radius 3 is 2.50 bits per heavy atom. The van der Waals surface area contributed by atoms with Crippen LogP contribution in [0.2, 0.25) is 0 Å². The summed E-state index contributed by atoms with van der Waals surface area (Å²) in [5.41, 5.74) is 1.97. The van der Waals surface area contributed by atoms with Crippen molar-refractivity contribution in [3.05, 3.63) is 35.4 Å². The summed E-state index contributed by atoms with van der Waals surface area (Å²) in [7, 11) is 0. The van der Waals surface area contributed by atoms with E-state index in [9.17, 15) is 9.59 Å². The van der Waals surface area contributed by atoms with Crippen LogP contribution in [-0.2, 0) is 16.0 Å². The van der Waals surface area contributed by atoms with E-state index in [1.807, 2.05) is 31.2 Å². The Hall–Kier alpha value is -1.84. The van der Waals surface area contributed by atoms with Crippen LogP contribution >= 0.6 is 0 Å². The molecule has 1 atom stereocenters. The quantitative estimate of drug-likeness (QED) is 0.835. The molecule has 0 radical (unpaired) electrons. The van der Waals surface area contributed by atoms with Crippen LogP contribution in [0.15, 0.2) is 24.3 Å². The summed E-state index contributed by atoms with van der Waals surface area (Å²) in [6.07, 6.45) is 0.207. The summed E-state index contributed by atoms with van der Waals surface area (Å²) >= 11 is 0. The molecule has 1 amide bonds. The summed E-state index contributed by atoms with van der Waals surface area (Å²) in [5, 5.41) is 11.5. The first-order chi connectivity index (χ1) is 8.40. The van der Waals surface area contributed by atoms with Crippen molar-refractivity contribution in [2.75, 3.05) is 0 Å². The molecule has 0 aliphatic carbocycles. The van der Waals surface area contributed by atoms with Gasteiger partial charge in [0.15, 0.2) is 0 Å². The lowest BCUT2D eigenvalue weighted by Crippen LogP contribution is -2.44.